The van der Waals surface area contributed by atoms with E-state index in [9.17, 15) is 4.79 Å². The van der Waals surface area contributed by atoms with Gasteiger partial charge in [0.05, 0.1) is 30.8 Å². The second-order valence-corrected chi connectivity index (χ2v) is 12.4. The molecule has 6 rings (SSSR count). The summed E-state index contributed by atoms with van der Waals surface area (Å²) in [6, 6.07) is 40.7. The molecule has 1 aliphatic heterocycles. The summed E-state index contributed by atoms with van der Waals surface area (Å²) in [5, 5.41) is 0.987. The Morgan fingerprint density at radius 2 is 1.31 bits per heavy atom. The molecule has 228 valence electrons. The number of esters is 1. The van der Waals surface area contributed by atoms with Gasteiger partial charge in [-0.2, -0.15) is 0 Å². The van der Waals surface area contributed by atoms with Crippen molar-refractivity contribution in [3.05, 3.63) is 144 Å². The van der Waals surface area contributed by atoms with Crippen molar-refractivity contribution in [2.45, 2.75) is 57.0 Å². The smallest absolute Gasteiger partial charge is 0.460 e. The number of para-hydroxylation sites is 1. The highest BCUT2D eigenvalue weighted by molar-refractivity contribution is 6.64. The van der Waals surface area contributed by atoms with Gasteiger partial charge in [0.25, 0.3) is 0 Å². The first kappa shape index (κ1) is 30.7. The Labute approximate surface area is 265 Å². The third kappa shape index (κ3) is 7.01. The van der Waals surface area contributed by atoms with Gasteiger partial charge >= 0.3 is 13.1 Å². The van der Waals surface area contributed by atoms with Gasteiger partial charge in [0.2, 0.25) is 0 Å². The number of hydrogen-bond acceptors (Lipinski definition) is 6. The van der Waals surface area contributed by atoms with Crippen LogP contribution in [0.25, 0.3) is 10.9 Å². The molecule has 2 atom stereocenters. The fraction of sp³-hybridized carbons (Fsp3) is 0.263. The topological polar surface area (TPSA) is 66.9 Å². The molecule has 0 saturated carbocycles. The van der Waals surface area contributed by atoms with E-state index in [1.165, 1.54) is 0 Å². The highest BCUT2D eigenvalue weighted by Gasteiger charge is 2.42. The molecule has 1 fully saturated rings. The van der Waals surface area contributed by atoms with Crippen LogP contribution in [-0.4, -0.2) is 42.5 Å². The van der Waals surface area contributed by atoms with Gasteiger partial charge in [0.15, 0.2) is 0 Å². The van der Waals surface area contributed by atoms with Crippen LogP contribution in [0.3, 0.4) is 0 Å². The normalized spacial score (nSPS) is 17.3. The van der Waals surface area contributed by atoms with Crippen molar-refractivity contribution in [1.29, 1.82) is 0 Å². The molecule has 1 aromatic heterocycles. The molecule has 45 heavy (non-hydrogen) atoms. The van der Waals surface area contributed by atoms with Crippen molar-refractivity contribution >= 4 is 29.5 Å². The van der Waals surface area contributed by atoms with Gasteiger partial charge in [0, 0.05) is 11.7 Å². The average Bonchev–Trinajstić information content (AvgIpc) is 3.05. The minimum Gasteiger partial charge on any atom is -0.460 e. The highest BCUT2D eigenvalue weighted by Crippen LogP contribution is 2.41. The predicted octanol–water partition coefficient (Wildman–Crippen LogP) is 6.84. The number of benzene rings is 4. The van der Waals surface area contributed by atoms with E-state index >= 15 is 0 Å². The maximum Gasteiger partial charge on any atom is 0.496 e. The number of aromatic nitrogens is 1. The number of rotatable bonds is 9. The number of nitrogens with zero attached hydrogens (tertiary/aromatic N) is 1. The minimum absolute atomic E-state index is 0.104. The zero-order chi connectivity index (χ0) is 31.3. The Balaban J connectivity index is 1.36. The third-order valence-electron chi connectivity index (χ3n) is 7.92. The van der Waals surface area contributed by atoms with Gasteiger partial charge in [-0.3, -0.25) is 9.78 Å². The van der Waals surface area contributed by atoms with Gasteiger partial charge in [0.1, 0.15) is 11.2 Å². The van der Waals surface area contributed by atoms with Crippen LogP contribution >= 0.6 is 0 Å². The first-order valence-electron chi connectivity index (χ1n) is 15.5. The van der Waals surface area contributed by atoms with Gasteiger partial charge in [-0.1, -0.05) is 115 Å². The Kier molecular flexibility index (Phi) is 9.13. The minimum atomic E-state index is -0.900. The Bertz CT molecular complexity index is 1610. The molecule has 0 radical (unpaired) electrons. The molecule has 0 N–H and O–H groups in total. The fourth-order valence-electron chi connectivity index (χ4n) is 6.04. The predicted molar refractivity (Wildman–Crippen MR) is 177 cm³/mol. The number of ether oxygens (including phenoxy) is 2. The zero-order valence-corrected chi connectivity index (χ0v) is 26.0. The van der Waals surface area contributed by atoms with E-state index in [-0.39, 0.29) is 25.1 Å². The van der Waals surface area contributed by atoms with E-state index in [0.717, 1.165) is 33.1 Å². The lowest BCUT2D eigenvalue weighted by molar-refractivity contribution is -0.158. The molecule has 5 aromatic rings. The van der Waals surface area contributed by atoms with Crippen molar-refractivity contribution in [1.82, 2.24) is 4.98 Å². The van der Waals surface area contributed by atoms with E-state index < -0.39 is 24.4 Å². The first-order chi connectivity index (χ1) is 21.8. The number of pyridine rings is 1. The molecule has 0 aliphatic carbocycles. The largest absolute Gasteiger partial charge is 0.496 e. The van der Waals surface area contributed by atoms with E-state index in [2.05, 4.69) is 41.4 Å². The summed E-state index contributed by atoms with van der Waals surface area (Å²) in [6.45, 7) is 5.86. The van der Waals surface area contributed by atoms with Crippen molar-refractivity contribution in [3.8, 4) is 0 Å². The molecule has 4 aromatic carbocycles. The SMILES string of the molecule is CC(C)(C)OC(=O)CC1CC(COC(c2ccccc2)(c2ccccc2)c2ccccc2)OB(c2cccc3cccnc23)O1. The Morgan fingerprint density at radius 1 is 0.756 bits per heavy atom. The maximum absolute atomic E-state index is 13.0. The number of fused-ring (bicyclic) bond motifs is 1. The summed E-state index contributed by atoms with van der Waals surface area (Å²) in [5.74, 6) is -0.309. The Morgan fingerprint density at radius 3 is 1.89 bits per heavy atom. The van der Waals surface area contributed by atoms with E-state index in [1.807, 2.05) is 106 Å². The molecule has 0 amide bonds. The lowest BCUT2D eigenvalue weighted by Crippen LogP contribution is -2.51. The molecule has 0 spiro atoms. The van der Waals surface area contributed by atoms with Crippen LogP contribution in [0.15, 0.2) is 128 Å². The second-order valence-electron chi connectivity index (χ2n) is 12.4. The Hall–Kier alpha value is -4.30. The summed E-state index contributed by atoms with van der Waals surface area (Å²) >= 11 is 0. The summed E-state index contributed by atoms with van der Waals surface area (Å²) in [7, 11) is -0.738. The lowest BCUT2D eigenvalue weighted by Gasteiger charge is -2.39. The molecule has 0 bridgehead atoms. The zero-order valence-electron chi connectivity index (χ0n) is 26.0. The third-order valence-corrected chi connectivity index (χ3v) is 7.92. The van der Waals surface area contributed by atoms with Crippen molar-refractivity contribution in [2.24, 2.45) is 0 Å². The molecular formula is C38H38BNO5. The lowest BCUT2D eigenvalue weighted by atomic mass is 9.75. The van der Waals surface area contributed by atoms with Crippen LogP contribution in [0.4, 0.5) is 0 Å². The number of carbonyl (C=O) groups is 1. The van der Waals surface area contributed by atoms with Crippen LogP contribution in [0.5, 0.6) is 0 Å². The summed E-state index contributed by atoms with van der Waals surface area (Å²) in [5.41, 5.74) is 3.15. The molecule has 6 nitrogen and oxygen atoms in total. The summed E-state index contributed by atoms with van der Waals surface area (Å²) in [6.07, 6.45) is 1.51. The molecule has 1 saturated heterocycles. The van der Waals surface area contributed by atoms with Crippen LogP contribution in [-0.2, 0) is 29.2 Å². The molecule has 7 heteroatoms. The molecule has 2 unspecified atom stereocenters. The summed E-state index contributed by atoms with van der Waals surface area (Å²) < 4.78 is 25.9. The van der Waals surface area contributed by atoms with Crippen molar-refractivity contribution < 1.29 is 23.6 Å². The molecular weight excluding hydrogens is 561 g/mol. The second kappa shape index (κ2) is 13.4. The number of carbonyl (C=O) groups excluding carboxylic acids is 1. The number of hydrogen-bond donors (Lipinski definition) is 0. The van der Waals surface area contributed by atoms with Crippen molar-refractivity contribution in [2.75, 3.05) is 6.61 Å². The van der Waals surface area contributed by atoms with Crippen LogP contribution in [0.1, 0.15) is 50.3 Å². The highest BCUT2D eigenvalue weighted by atomic mass is 16.6. The quantitative estimate of drug-likeness (QED) is 0.105. The van der Waals surface area contributed by atoms with Gasteiger partial charge in [-0.15, -0.1) is 0 Å². The van der Waals surface area contributed by atoms with E-state index in [0.29, 0.717) is 6.42 Å². The average molecular weight is 600 g/mol. The van der Waals surface area contributed by atoms with Crippen LogP contribution in [0, 0.1) is 0 Å². The summed E-state index contributed by atoms with van der Waals surface area (Å²) in [4.78, 5) is 17.6. The molecule has 2 heterocycles. The monoisotopic (exact) mass is 599 g/mol. The van der Waals surface area contributed by atoms with Gasteiger partial charge in [-0.25, -0.2) is 0 Å². The van der Waals surface area contributed by atoms with Gasteiger partial charge < -0.3 is 18.8 Å². The van der Waals surface area contributed by atoms with Crippen molar-refractivity contribution in [3.63, 3.8) is 0 Å². The van der Waals surface area contributed by atoms with E-state index in [4.69, 9.17) is 18.8 Å². The molecule has 1 aliphatic rings. The van der Waals surface area contributed by atoms with Crippen LogP contribution < -0.4 is 5.46 Å². The van der Waals surface area contributed by atoms with Crippen LogP contribution in [0.2, 0.25) is 0 Å². The maximum atomic E-state index is 13.0. The van der Waals surface area contributed by atoms with E-state index in [1.54, 1.807) is 6.20 Å². The standard InChI is InChI=1S/C38H38BNO5/c1-37(2,3)43-35(41)26-32-25-33(45-39(44-32)34-23-13-15-28-16-14-24-40-36(28)34)27-42-38(29-17-7-4-8-18-29,30-19-9-5-10-20-30)31-21-11-6-12-22-31/h4-24,32-33H,25-27H2,1-3H3. The first-order valence-corrected chi connectivity index (χ1v) is 15.5. The van der Waals surface area contributed by atoms with Gasteiger partial charge in [-0.05, 0) is 55.3 Å². The fourth-order valence-corrected chi connectivity index (χ4v) is 6.04.